The number of carbonyl (C=O) groups excluding carboxylic acids is 1. The Bertz CT molecular complexity index is 1180. The molecule has 0 radical (unpaired) electrons. The van der Waals surface area contributed by atoms with E-state index >= 15 is 0 Å². The Hall–Kier alpha value is -3.29. The highest BCUT2D eigenvalue weighted by atomic mass is 35.5. The molecule has 0 saturated heterocycles. The van der Waals surface area contributed by atoms with Crippen molar-refractivity contribution < 1.29 is 23.1 Å². The zero-order chi connectivity index (χ0) is 22.9. The van der Waals surface area contributed by atoms with E-state index in [0.29, 0.717) is 0 Å². The van der Waals surface area contributed by atoms with Crippen LogP contribution in [-0.2, 0) is 12.1 Å². The molecular weight excluding hydrogens is 432 g/mol. The van der Waals surface area contributed by atoms with Gasteiger partial charge < -0.3 is 14.8 Å². The zero-order valence-electron chi connectivity index (χ0n) is 16.8. The van der Waals surface area contributed by atoms with Crippen LogP contribution < -0.4 is 5.32 Å². The Kier molecular flexibility index (Phi) is 6.10. The minimum atomic E-state index is -1.32. The van der Waals surface area contributed by atoms with E-state index in [0.717, 1.165) is 6.07 Å². The first-order valence-electron chi connectivity index (χ1n) is 9.12. The van der Waals surface area contributed by atoms with Gasteiger partial charge in [0, 0.05) is 17.8 Å². The van der Waals surface area contributed by atoms with Crippen LogP contribution in [0.4, 0.5) is 8.78 Å². The molecule has 0 unspecified atom stereocenters. The molecule has 0 aliphatic rings. The summed E-state index contributed by atoms with van der Waals surface area (Å²) >= 11 is 5.74. The van der Waals surface area contributed by atoms with Gasteiger partial charge in [-0.3, -0.25) is 9.48 Å². The average Bonchev–Trinajstić information content (AvgIpc) is 3.34. The molecule has 31 heavy (non-hydrogen) atoms. The number of aliphatic hydroxyl groups is 1. The van der Waals surface area contributed by atoms with Crippen LogP contribution >= 0.6 is 11.6 Å². The van der Waals surface area contributed by atoms with Gasteiger partial charge in [-0.25, -0.2) is 13.8 Å². The number of nitrogens with zero attached hydrogens (tertiary/aromatic N) is 4. The molecule has 2 aromatic heterocycles. The van der Waals surface area contributed by atoms with Crippen LogP contribution in [0, 0.1) is 23.0 Å². The summed E-state index contributed by atoms with van der Waals surface area (Å²) in [5.74, 6) is -2.47. The van der Waals surface area contributed by atoms with Gasteiger partial charge >= 0.3 is 0 Å². The maximum absolute atomic E-state index is 14.4. The van der Waals surface area contributed by atoms with E-state index in [4.69, 9.17) is 21.3 Å². The molecule has 3 rings (SSSR count). The molecule has 0 aliphatic carbocycles. The summed E-state index contributed by atoms with van der Waals surface area (Å²) in [5.41, 5.74) is -1.96. The molecule has 1 aromatic carbocycles. The van der Waals surface area contributed by atoms with E-state index < -0.39 is 39.8 Å². The van der Waals surface area contributed by atoms with E-state index in [2.05, 4.69) is 15.4 Å². The third-order valence-corrected chi connectivity index (χ3v) is 4.63. The number of benzene rings is 1. The molecule has 1 atom stereocenters. The second kappa shape index (κ2) is 8.45. The second-order valence-electron chi connectivity index (χ2n) is 7.41. The fraction of sp³-hybridized carbons (Fsp3) is 0.300. The fourth-order valence-electron chi connectivity index (χ4n) is 2.77. The van der Waals surface area contributed by atoms with Crippen molar-refractivity contribution in [2.24, 2.45) is 0 Å². The lowest BCUT2D eigenvalue weighted by Gasteiger charge is -2.13. The summed E-state index contributed by atoms with van der Waals surface area (Å²) in [4.78, 5) is 16.2. The van der Waals surface area contributed by atoms with Crippen LogP contribution in [0.2, 0.25) is 5.02 Å². The summed E-state index contributed by atoms with van der Waals surface area (Å²) in [6.45, 7) is 4.89. The molecule has 0 saturated carbocycles. The van der Waals surface area contributed by atoms with Crippen molar-refractivity contribution in [1.29, 1.82) is 5.26 Å². The molecule has 11 heteroatoms. The van der Waals surface area contributed by atoms with Crippen molar-refractivity contribution in [3.63, 3.8) is 0 Å². The minimum absolute atomic E-state index is 0.0114. The second-order valence-corrected chi connectivity index (χ2v) is 7.78. The monoisotopic (exact) mass is 449 g/mol. The van der Waals surface area contributed by atoms with E-state index in [-0.39, 0.29) is 29.5 Å². The van der Waals surface area contributed by atoms with Crippen molar-refractivity contribution in [3.05, 3.63) is 58.4 Å². The van der Waals surface area contributed by atoms with Crippen LogP contribution in [0.3, 0.4) is 0 Å². The summed E-state index contributed by atoms with van der Waals surface area (Å²) in [7, 11) is 0. The normalized spacial score (nSPS) is 12.5. The molecule has 2 heterocycles. The highest BCUT2D eigenvalue weighted by molar-refractivity contribution is 6.32. The first kappa shape index (κ1) is 22.4. The number of amides is 1. The van der Waals surface area contributed by atoms with Crippen LogP contribution in [-0.4, -0.2) is 31.8 Å². The largest absolute Gasteiger partial charge is 0.432 e. The lowest BCUT2D eigenvalue weighted by atomic mass is 10.1. The third-order valence-electron chi connectivity index (χ3n) is 4.28. The van der Waals surface area contributed by atoms with Crippen molar-refractivity contribution in [3.8, 4) is 17.3 Å². The fourth-order valence-corrected chi connectivity index (χ4v) is 3.01. The molecule has 8 nitrogen and oxygen atoms in total. The Morgan fingerprint density at radius 3 is 2.81 bits per heavy atom. The Morgan fingerprint density at radius 1 is 1.48 bits per heavy atom. The Balaban J connectivity index is 1.71. The van der Waals surface area contributed by atoms with Gasteiger partial charge in [0.25, 0.3) is 5.91 Å². The molecular formula is C20H18ClF2N5O3. The molecule has 3 aromatic rings. The van der Waals surface area contributed by atoms with Gasteiger partial charge in [0.15, 0.2) is 5.82 Å². The number of hydrogen-bond acceptors (Lipinski definition) is 6. The SMILES string of the molecule is C[C@@H](Cn1ccc(-c2cc(F)c(C#N)c(Cl)c2F)n1)NC(=O)c1cnc(C(C)(C)O)o1. The van der Waals surface area contributed by atoms with E-state index in [1.165, 1.54) is 43.1 Å². The molecule has 1 amide bonds. The van der Waals surface area contributed by atoms with Crippen LogP contribution in [0.15, 0.2) is 28.9 Å². The number of nitrogens with one attached hydrogen (secondary N) is 1. The highest BCUT2D eigenvalue weighted by Gasteiger charge is 2.25. The minimum Gasteiger partial charge on any atom is -0.432 e. The Morgan fingerprint density at radius 2 is 2.19 bits per heavy atom. The van der Waals surface area contributed by atoms with Crippen LogP contribution in [0.1, 0.15) is 42.8 Å². The number of carbonyl (C=O) groups is 1. The van der Waals surface area contributed by atoms with Crippen molar-refractivity contribution in [2.45, 2.75) is 39.0 Å². The maximum atomic E-state index is 14.4. The molecule has 162 valence electrons. The summed E-state index contributed by atoms with van der Waals surface area (Å²) in [6, 6.07) is 3.42. The van der Waals surface area contributed by atoms with Crippen LogP contribution in [0.25, 0.3) is 11.3 Å². The standard InChI is InChI=1S/C20H18ClF2N5O3/c1-10(26-18(29)15-8-25-19(31-15)20(2,3)30)9-28-5-4-14(27-28)11-6-13(22)12(7-24)16(21)17(11)23/h4-6,8,10,30H,9H2,1-3H3,(H,26,29)/t10-/m0/s1. The average molecular weight is 450 g/mol. The number of hydrogen-bond donors (Lipinski definition) is 2. The number of halogens is 3. The lowest BCUT2D eigenvalue weighted by molar-refractivity contribution is 0.0466. The molecule has 0 spiro atoms. The zero-order valence-corrected chi connectivity index (χ0v) is 17.5. The predicted octanol–water partition coefficient (Wildman–Crippen LogP) is 3.39. The van der Waals surface area contributed by atoms with Crippen molar-refractivity contribution in [1.82, 2.24) is 20.1 Å². The van der Waals surface area contributed by atoms with Gasteiger partial charge in [-0.15, -0.1) is 0 Å². The van der Waals surface area contributed by atoms with Gasteiger partial charge in [0.1, 0.15) is 23.1 Å². The van der Waals surface area contributed by atoms with Gasteiger partial charge in [0.2, 0.25) is 11.7 Å². The van der Waals surface area contributed by atoms with Gasteiger partial charge in [-0.1, -0.05) is 11.6 Å². The first-order valence-corrected chi connectivity index (χ1v) is 9.50. The van der Waals surface area contributed by atoms with Crippen molar-refractivity contribution in [2.75, 3.05) is 0 Å². The molecule has 0 bridgehead atoms. The third kappa shape index (κ3) is 4.73. The van der Waals surface area contributed by atoms with Gasteiger partial charge in [-0.2, -0.15) is 10.4 Å². The smallest absolute Gasteiger partial charge is 0.288 e. The highest BCUT2D eigenvalue weighted by Crippen LogP contribution is 2.31. The van der Waals surface area contributed by atoms with E-state index in [9.17, 15) is 18.7 Å². The van der Waals surface area contributed by atoms with Gasteiger partial charge in [0.05, 0.1) is 23.5 Å². The van der Waals surface area contributed by atoms with Crippen molar-refractivity contribution >= 4 is 17.5 Å². The summed E-state index contributed by atoms with van der Waals surface area (Å²) in [6.07, 6.45) is 2.75. The first-order chi connectivity index (χ1) is 14.5. The molecule has 2 N–H and O–H groups in total. The maximum Gasteiger partial charge on any atom is 0.288 e. The number of oxazole rings is 1. The van der Waals surface area contributed by atoms with Crippen LogP contribution in [0.5, 0.6) is 0 Å². The predicted molar refractivity (Wildman–Crippen MR) is 106 cm³/mol. The molecule has 0 aliphatic heterocycles. The summed E-state index contributed by atoms with van der Waals surface area (Å²) < 4.78 is 35.1. The number of nitriles is 1. The van der Waals surface area contributed by atoms with E-state index in [1.807, 2.05) is 0 Å². The summed E-state index contributed by atoms with van der Waals surface area (Å²) in [5, 5.41) is 25.0. The van der Waals surface area contributed by atoms with Gasteiger partial charge in [-0.05, 0) is 32.9 Å². The Labute approximate surface area is 181 Å². The number of rotatable bonds is 6. The number of aromatic nitrogens is 3. The van der Waals surface area contributed by atoms with E-state index in [1.54, 1.807) is 6.92 Å². The quantitative estimate of drug-likeness (QED) is 0.557. The lowest BCUT2D eigenvalue weighted by Crippen LogP contribution is -2.35. The molecule has 0 fully saturated rings. The topological polar surface area (TPSA) is 117 Å².